The Kier molecular flexibility index (Phi) is 4.31. The lowest BCUT2D eigenvalue weighted by Crippen LogP contribution is -2.26. The van der Waals surface area contributed by atoms with Crippen molar-refractivity contribution in [2.24, 2.45) is 0 Å². The molecular weight excluding hydrogens is 326 g/mol. The van der Waals surface area contributed by atoms with Gasteiger partial charge in [0.1, 0.15) is 11.6 Å². The van der Waals surface area contributed by atoms with Crippen molar-refractivity contribution < 1.29 is 0 Å². The second kappa shape index (κ2) is 5.63. The Labute approximate surface area is 127 Å². The lowest BCUT2D eigenvalue weighted by atomic mass is 10.1. The molecule has 0 amide bonds. The van der Waals surface area contributed by atoms with E-state index in [1.54, 1.807) is 0 Å². The summed E-state index contributed by atoms with van der Waals surface area (Å²) < 4.78 is 2.19. The van der Waals surface area contributed by atoms with Crippen molar-refractivity contribution in [3.8, 4) is 0 Å². The molecule has 0 N–H and O–H groups in total. The number of nitrogens with zero attached hydrogens (tertiary/aromatic N) is 3. The van der Waals surface area contributed by atoms with E-state index in [1.165, 1.54) is 5.56 Å². The summed E-state index contributed by atoms with van der Waals surface area (Å²) in [6, 6.07) is 7.86. The summed E-state index contributed by atoms with van der Waals surface area (Å²) in [5.74, 6) is 1.93. The van der Waals surface area contributed by atoms with Gasteiger partial charge in [-0.05, 0) is 38.5 Å². The number of aromatic nitrogens is 3. The molecule has 3 nitrogen and oxygen atoms in total. The molecule has 0 fully saturated rings. The molecule has 0 bridgehead atoms. The van der Waals surface area contributed by atoms with Gasteiger partial charge in [-0.25, -0.2) is 0 Å². The Morgan fingerprint density at radius 2 is 1.68 bits per heavy atom. The molecule has 1 aromatic carbocycles. The Balaban J connectivity index is 2.35. The lowest BCUT2D eigenvalue weighted by molar-refractivity contribution is 0.375. The Hall–Kier alpha value is -0.870. The summed E-state index contributed by atoms with van der Waals surface area (Å²) in [6.45, 7) is 6.48. The third kappa shape index (κ3) is 3.37. The zero-order valence-electron chi connectivity index (χ0n) is 11.3. The van der Waals surface area contributed by atoms with Crippen LogP contribution in [0.15, 0.2) is 24.3 Å². The molecule has 0 saturated carbocycles. The van der Waals surface area contributed by atoms with Crippen LogP contribution in [0.4, 0.5) is 0 Å². The Bertz CT molecular complexity index is 555. The number of rotatable bonds is 3. The number of benzene rings is 1. The second-order valence-electron chi connectivity index (χ2n) is 5.48. The number of halogens is 2. The van der Waals surface area contributed by atoms with Crippen LogP contribution < -0.4 is 0 Å². The fourth-order valence-corrected chi connectivity index (χ4v) is 2.60. The largest absolute Gasteiger partial charge is 0.309 e. The molecule has 0 atom stereocenters. The van der Waals surface area contributed by atoms with Crippen molar-refractivity contribution >= 4 is 27.5 Å². The van der Waals surface area contributed by atoms with Crippen LogP contribution in [0.2, 0.25) is 5.02 Å². The molecule has 0 aliphatic rings. The second-order valence-corrected chi connectivity index (χ2v) is 6.47. The molecule has 0 spiro atoms. The Morgan fingerprint density at radius 3 is 2.21 bits per heavy atom. The average molecular weight is 343 g/mol. The summed E-state index contributed by atoms with van der Waals surface area (Å²) in [6.07, 6.45) is 0.758. The van der Waals surface area contributed by atoms with Crippen LogP contribution in [0, 0.1) is 0 Å². The van der Waals surface area contributed by atoms with Gasteiger partial charge in [0.2, 0.25) is 0 Å². The SMILES string of the molecule is CC(C)(C)n1c(CBr)nnc1Cc1ccc(Cl)cc1. The van der Waals surface area contributed by atoms with Gasteiger partial charge in [0.25, 0.3) is 0 Å². The molecule has 2 rings (SSSR count). The molecule has 1 aromatic heterocycles. The van der Waals surface area contributed by atoms with Crippen molar-refractivity contribution in [3.63, 3.8) is 0 Å². The summed E-state index contributed by atoms with van der Waals surface area (Å²) >= 11 is 9.37. The van der Waals surface area contributed by atoms with Gasteiger partial charge in [-0.15, -0.1) is 10.2 Å². The van der Waals surface area contributed by atoms with E-state index in [9.17, 15) is 0 Å². The first kappa shape index (κ1) is 14.5. The molecule has 0 aliphatic heterocycles. The van der Waals surface area contributed by atoms with Gasteiger partial charge in [0.05, 0.1) is 5.33 Å². The molecule has 19 heavy (non-hydrogen) atoms. The fraction of sp³-hybridized carbons (Fsp3) is 0.429. The zero-order chi connectivity index (χ0) is 14.0. The quantitative estimate of drug-likeness (QED) is 0.784. The molecule has 0 aliphatic carbocycles. The van der Waals surface area contributed by atoms with Gasteiger partial charge in [-0.2, -0.15) is 0 Å². The topological polar surface area (TPSA) is 30.7 Å². The first-order chi connectivity index (χ1) is 8.91. The predicted molar refractivity (Wildman–Crippen MR) is 81.9 cm³/mol. The maximum absolute atomic E-state index is 5.91. The minimum absolute atomic E-state index is 0.0334. The van der Waals surface area contributed by atoms with E-state index in [-0.39, 0.29) is 5.54 Å². The molecule has 0 saturated heterocycles. The zero-order valence-corrected chi connectivity index (χ0v) is 13.7. The van der Waals surface area contributed by atoms with Gasteiger partial charge < -0.3 is 4.57 Å². The smallest absolute Gasteiger partial charge is 0.144 e. The number of hydrogen-bond donors (Lipinski definition) is 0. The minimum atomic E-state index is -0.0334. The van der Waals surface area contributed by atoms with Gasteiger partial charge in [-0.1, -0.05) is 39.7 Å². The van der Waals surface area contributed by atoms with Gasteiger partial charge >= 0.3 is 0 Å². The van der Waals surface area contributed by atoms with Gasteiger partial charge in [-0.3, -0.25) is 0 Å². The molecule has 0 unspecified atom stereocenters. The highest BCUT2D eigenvalue weighted by Gasteiger charge is 2.22. The fourth-order valence-electron chi connectivity index (χ4n) is 2.11. The molecule has 1 heterocycles. The van der Waals surface area contributed by atoms with E-state index in [0.717, 1.165) is 23.1 Å². The monoisotopic (exact) mass is 341 g/mol. The first-order valence-electron chi connectivity index (χ1n) is 6.16. The lowest BCUT2D eigenvalue weighted by Gasteiger charge is -2.24. The Morgan fingerprint density at radius 1 is 1.11 bits per heavy atom. The normalized spacial score (nSPS) is 11.8. The van der Waals surface area contributed by atoms with Crippen LogP contribution in [0.5, 0.6) is 0 Å². The third-order valence-corrected chi connectivity index (χ3v) is 3.62. The van der Waals surface area contributed by atoms with E-state index in [1.807, 2.05) is 24.3 Å². The van der Waals surface area contributed by atoms with Crippen LogP contribution in [0.25, 0.3) is 0 Å². The van der Waals surface area contributed by atoms with E-state index < -0.39 is 0 Å². The number of alkyl halides is 1. The predicted octanol–water partition coefficient (Wildman–Crippen LogP) is 4.17. The highest BCUT2D eigenvalue weighted by molar-refractivity contribution is 9.08. The summed E-state index contributed by atoms with van der Waals surface area (Å²) in [5.41, 5.74) is 1.15. The molecule has 0 radical (unpaired) electrons. The molecule has 5 heteroatoms. The highest BCUT2D eigenvalue weighted by atomic mass is 79.9. The van der Waals surface area contributed by atoms with Crippen molar-refractivity contribution in [1.29, 1.82) is 0 Å². The van der Waals surface area contributed by atoms with Gasteiger partial charge in [0.15, 0.2) is 0 Å². The van der Waals surface area contributed by atoms with Crippen LogP contribution in [0.3, 0.4) is 0 Å². The maximum Gasteiger partial charge on any atom is 0.144 e. The summed E-state index contributed by atoms with van der Waals surface area (Å²) in [7, 11) is 0. The molecular formula is C14H17BrClN3. The summed E-state index contributed by atoms with van der Waals surface area (Å²) in [5, 5.41) is 10.0. The van der Waals surface area contributed by atoms with Crippen molar-refractivity contribution in [3.05, 3.63) is 46.5 Å². The highest BCUT2D eigenvalue weighted by Crippen LogP contribution is 2.22. The van der Waals surface area contributed by atoms with Gasteiger partial charge in [0, 0.05) is 17.0 Å². The van der Waals surface area contributed by atoms with Crippen LogP contribution in [0.1, 0.15) is 38.0 Å². The van der Waals surface area contributed by atoms with Crippen molar-refractivity contribution in [1.82, 2.24) is 14.8 Å². The maximum atomic E-state index is 5.91. The van der Waals surface area contributed by atoms with Crippen molar-refractivity contribution in [2.45, 2.75) is 38.1 Å². The van der Waals surface area contributed by atoms with E-state index in [4.69, 9.17) is 11.6 Å². The van der Waals surface area contributed by atoms with Crippen LogP contribution >= 0.6 is 27.5 Å². The standard InChI is InChI=1S/C14H17BrClN3/c1-14(2,3)19-12(17-18-13(19)9-15)8-10-4-6-11(16)7-5-10/h4-7H,8-9H2,1-3H3. The third-order valence-electron chi connectivity index (χ3n) is 2.86. The first-order valence-corrected chi connectivity index (χ1v) is 7.66. The molecule has 2 aromatic rings. The van der Waals surface area contributed by atoms with E-state index in [2.05, 4.69) is 51.5 Å². The average Bonchev–Trinajstić information content (AvgIpc) is 2.75. The van der Waals surface area contributed by atoms with Crippen LogP contribution in [-0.4, -0.2) is 14.8 Å². The van der Waals surface area contributed by atoms with Crippen molar-refractivity contribution in [2.75, 3.05) is 0 Å². The van der Waals surface area contributed by atoms with Crippen LogP contribution in [-0.2, 0) is 17.3 Å². The number of hydrogen-bond acceptors (Lipinski definition) is 2. The summed E-state index contributed by atoms with van der Waals surface area (Å²) in [4.78, 5) is 0. The van der Waals surface area contributed by atoms with E-state index >= 15 is 0 Å². The molecule has 102 valence electrons. The van der Waals surface area contributed by atoms with E-state index in [0.29, 0.717) is 5.33 Å². The minimum Gasteiger partial charge on any atom is -0.309 e.